The van der Waals surface area contributed by atoms with Crippen molar-refractivity contribution in [2.75, 3.05) is 32.8 Å². The predicted octanol–water partition coefficient (Wildman–Crippen LogP) is -2.76. The van der Waals surface area contributed by atoms with Crippen LogP contribution in [0.15, 0.2) is 0 Å². The molecule has 14 heavy (non-hydrogen) atoms. The molecule has 0 amide bonds. The number of halogens is 1. The van der Waals surface area contributed by atoms with Gasteiger partial charge in [0.05, 0.1) is 25.8 Å². The van der Waals surface area contributed by atoms with Gasteiger partial charge in [-0.15, -0.1) is 0 Å². The van der Waals surface area contributed by atoms with Gasteiger partial charge in [0.25, 0.3) is 0 Å². The van der Waals surface area contributed by atoms with Crippen molar-refractivity contribution >= 4 is 0 Å². The van der Waals surface area contributed by atoms with Crippen molar-refractivity contribution in [2.45, 2.75) is 26.7 Å². The van der Waals surface area contributed by atoms with Crippen molar-refractivity contribution < 1.29 is 22.0 Å². The molecule has 84 valence electrons. The van der Waals surface area contributed by atoms with Crippen molar-refractivity contribution in [3.63, 3.8) is 0 Å². The van der Waals surface area contributed by atoms with E-state index in [9.17, 15) is 0 Å². The number of nitriles is 1. The molecule has 1 fully saturated rings. The standard InChI is InChI=1S/C8H17NO.C2H3N.ClH/c1-2-3-4-9-5-7-10-8-6-9;1-2-3;/h2-8H2,1H3;1H3;1H. The number of nitrogens with one attached hydrogen (secondary N) is 1. The maximum absolute atomic E-state index is 7.32. The van der Waals surface area contributed by atoms with Crippen molar-refractivity contribution in [1.82, 2.24) is 0 Å². The number of unbranched alkanes of at least 4 members (excludes halogenated alkanes) is 1. The minimum atomic E-state index is 0. The molecule has 1 N–H and O–H groups in total. The SMILES string of the molecule is CC#N.CCCC[NH+]1CCOCC1.[Cl-]. The van der Waals surface area contributed by atoms with Crippen molar-refractivity contribution in [2.24, 2.45) is 0 Å². The third-order valence-corrected chi connectivity index (χ3v) is 2.08. The summed E-state index contributed by atoms with van der Waals surface area (Å²) < 4.78 is 5.26. The van der Waals surface area contributed by atoms with Gasteiger partial charge >= 0.3 is 0 Å². The second-order valence-electron chi connectivity index (χ2n) is 3.19. The molecule has 3 nitrogen and oxygen atoms in total. The van der Waals surface area contributed by atoms with Crippen LogP contribution in [0.3, 0.4) is 0 Å². The van der Waals surface area contributed by atoms with E-state index in [1.165, 1.54) is 39.4 Å². The fourth-order valence-electron chi connectivity index (χ4n) is 1.34. The molecule has 1 saturated heterocycles. The molecule has 0 aliphatic carbocycles. The van der Waals surface area contributed by atoms with Crippen molar-refractivity contribution in [3.05, 3.63) is 0 Å². The molecule has 1 aliphatic rings. The molecule has 0 aromatic heterocycles. The van der Waals surface area contributed by atoms with E-state index in [2.05, 4.69) is 6.92 Å². The van der Waals surface area contributed by atoms with Crippen LogP contribution in [0.4, 0.5) is 0 Å². The number of morpholine rings is 1. The zero-order valence-corrected chi connectivity index (χ0v) is 9.94. The van der Waals surface area contributed by atoms with Gasteiger partial charge in [0.2, 0.25) is 0 Å². The monoisotopic (exact) mass is 220 g/mol. The first-order valence-electron chi connectivity index (χ1n) is 5.07. The lowest BCUT2D eigenvalue weighted by molar-refractivity contribution is -0.908. The molecule has 0 radical (unpaired) electrons. The summed E-state index contributed by atoms with van der Waals surface area (Å²) in [5.41, 5.74) is 0. The summed E-state index contributed by atoms with van der Waals surface area (Å²) in [5.74, 6) is 0. The van der Waals surface area contributed by atoms with E-state index in [1.807, 2.05) is 0 Å². The third kappa shape index (κ3) is 9.79. The van der Waals surface area contributed by atoms with E-state index >= 15 is 0 Å². The van der Waals surface area contributed by atoms with Crippen molar-refractivity contribution in [1.29, 1.82) is 5.26 Å². The van der Waals surface area contributed by atoms with Gasteiger partial charge in [-0.2, -0.15) is 5.26 Å². The molecule has 0 saturated carbocycles. The summed E-state index contributed by atoms with van der Waals surface area (Å²) in [7, 11) is 0. The number of ether oxygens (including phenoxy) is 1. The lowest BCUT2D eigenvalue weighted by Gasteiger charge is -2.23. The van der Waals surface area contributed by atoms with E-state index in [4.69, 9.17) is 10.00 Å². The minimum Gasteiger partial charge on any atom is -1.00 e. The first-order chi connectivity index (χ1) is 6.35. The molecule has 0 bridgehead atoms. The number of hydrogen-bond donors (Lipinski definition) is 1. The first kappa shape index (κ1) is 16.1. The molecule has 1 heterocycles. The van der Waals surface area contributed by atoms with E-state index in [0.29, 0.717) is 0 Å². The van der Waals surface area contributed by atoms with Crippen LogP contribution in [-0.4, -0.2) is 32.8 Å². The lowest BCUT2D eigenvalue weighted by atomic mass is 10.3. The average Bonchev–Trinajstić information content (AvgIpc) is 2.18. The summed E-state index contributed by atoms with van der Waals surface area (Å²) in [6.45, 7) is 9.41. The van der Waals surface area contributed by atoms with Gasteiger partial charge < -0.3 is 22.0 Å². The van der Waals surface area contributed by atoms with Gasteiger partial charge in [-0.05, 0) is 6.42 Å². The van der Waals surface area contributed by atoms with Crippen molar-refractivity contribution in [3.8, 4) is 6.07 Å². The number of hydrogen-bond acceptors (Lipinski definition) is 2. The maximum atomic E-state index is 7.32. The topological polar surface area (TPSA) is 37.5 Å². The van der Waals surface area contributed by atoms with E-state index in [1.54, 1.807) is 11.0 Å². The summed E-state index contributed by atoms with van der Waals surface area (Å²) in [5, 5.41) is 7.32. The Morgan fingerprint density at radius 3 is 2.29 bits per heavy atom. The van der Waals surface area contributed by atoms with Gasteiger partial charge in [0, 0.05) is 6.92 Å². The minimum absolute atomic E-state index is 0. The van der Waals surface area contributed by atoms with Gasteiger partial charge in [0.15, 0.2) is 0 Å². The van der Waals surface area contributed by atoms with Gasteiger partial charge in [0.1, 0.15) is 13.1 Å². The Morgan fingerprint density at radius 2 is 1.86 bits per heavy atom. The van der Waals surface area contributed by atoms with Crippen LogP contribution in [0, 0.1) is 11.3 Å². The third-order valence-electron chi connectivity index (χ3n) is 2.08. The molecule has 1 aliphatic heterocycles. The van der Waals surface area contributed by atoms with Crippen LogP contribution >= 0.6 is 0 Å². The largest absolute Gasteiger partial charge is 1.00 e. The van der Waals surface area contributed by atoms with Crippen LogP contribution in [0.25, 0.3) is 0 Å². The molecule has 0 aromatic carbocycles. The van der Waals surface area contributed by atoms with Crippen LogP contribution in [0.1, 0.15) is 26.7 Å². The summed E-state index contributed by atoms with van der Waals surface area (Å²) in [6, 6.07) is 1.75. The average molecular weight is 221 g/mol. The quantitative estimate of drug-likeness (QED) is 0.560. The highest BCUT2D eigenvalue weighted by Gasteiger charge is 2.11. The second-order valence-corrected chi connectivity index (χ2v) is 3.19. The zero-order valence-electron chi connectivity index (χ0n) is 9.18. The molecule has 1 rings (SSSR count). The Hall–Kier alpha value is -0.300. The highest BCUT2D eigenvalue weighted by molar-refractivity contribution is 4.51. The Morgan fingerprint density at radius 1 is 1.36 bits per heavy atom. The highest BCUT2D eigenvalue weighted by Crippen LogP contribution is 1.81. The Balaban J connectivity index is 0. The van der Waals surface area contributed by atoms with Crippen LogP contribution in [-0.2, 0) is 4.74 Å². The Labute approximate surface area is 93.4 Å². The second kappa shape index (κ2) is 12.7. The molecule has 0 spiro atoms. The molecule has 0 unspecified atom stereocenters. The summed E-state index contributed by atoms with van der Waals surface area (Å²) >= 11 is 0. The Kier molecular flexibility index (Phi) is 14.6. The van der Waals surface area contributed by atoms with E-state index < -0.39 is 0 Å². The summed E-state index contributed by atoms with van der Waals surface area (Å²) in [4.78, 5) is 1.73. The molecule has 0 aromatic rings. The summed E-state index contributed by atoms with van der Waals surface area (Å²) in [6.07, 6.45) is 2.69. The smallest absolute Gasteiger partial charge is 0.101 e. The highest BCUT2D eigenvalue weighted by atomic mass is 35.5. The molecule has 4 heteroatoms. The van der Waals surface area contributed by atoms with Gasteiger partial charge in [-0.25, -0.2) is 0 Å². The maximum Gasteiger partial charge on any atom is 0.101 e. The lowest BCUT2D eigenvalue weighted by Crippen LogP contribution is -3.14. The normalized spacial score (nSPS) is 15.8. The molecular weight excluding hydrogens is 200 g/mol. The number of nitrogens with zero attached hydrogens (tertiary/aromatic N) is 1. The van der Waals surface area contributed by atoms with Crippen LogP contribution in [0.2, 0.25) is 0 Å². The molecular formula is C10H21ClN2O. The fraction of sp³-hybridized carbons (Fsp3) is 0.900. The van der Waals surface area contributed by atoms with Gasteiger partial charge in [-0.3, -0.25) is 0 Å². The van der Waals surface area contributed by atoms with Crippen LogP contribution in [0.5, 0.6) is 0 Å². The van der Waals surface area contributed by atoms with Gasteiger partial charge in [-0.1, -0.05) is 13.3 Å². The molecule has 0 atom stereocenters. The number of rotatable bonds is 3. The van der Waals surface area contributed by atoms with Crippen LogP contribution < -0.4 is 17.3 Å². The zero-order chi connectivity index (χ0) is 9.94. The predicted molar refractivity (Wildman–Crippen MR) is 52.6 cm³/mol. The first-order valence-corrected chi connectivity index (χ1v) is 5.07. The number of quaternary nitrogens is 1. The van der Waals surface area contributed by atoms with E-state index in [0.717, 1.165) is 13.2 Å². The van der Waals surface area contributed by atoms with E-state index in [-0.39, 0.29) is 12.4 Å². The fourth-order valence-corrected chi connectivity index (χ4v) is 1.34. The Bertz CT molecular complexity index is 142.